The van der Waals surface area contributed by atoms with Crippen molar-refractivity contribution in [1.82, 2.24) is 4.90 Å². The molecule has 0 spiro atoms. The Hall–Kier alpha value is -2.03. The van der Waals surface area contributed by atoms with Gasteiger partial charge in [-0.15, -0.1) is 11.3 Å². The molecule has 8 heteroatoms. The minimum absolute atomic E-state index is 0.0962. The van der Waals surface area contributed by atoms with Crippen LogP contribution in [0.25, 0.3) is 0 Å². The van der Waals surface area contributed by atoms with Gasteiger partial charge >= 0.3 is 0 Å². The predicted octanol–water partition coefficient (Wildman–Crippen LogP) is 6.04. The van der Waals surface area contributed by atoms with Gasteiger partial charge in [0.2, 0.25) is 5.75 Å². The Balaban J connectivity index is 2.18. The summed E-state index contributed by atoms with van der Waals surface area (Å²) in [5, 5.41) is 2.25. The third-order valence-electron chi connectivity index (χ3n) is 6.43. The van der Waals surface area contributed by atoms with E-state index in [1.54, 1.807) is 49.7 Å². The molecule has 0 saturated heterocycles. The number of amides is 1. The molecule has 0 aliphatic heterocycles. The van der Waals surface area contributed by atoms with E-state index >= 15 is 0 Å². The Bertz CT molecular complexity index is 883. The molecule has 2 rings (SSSR count). The molecule has 0 radical (unpaired) electrons. The maximum Gasteiger partial charge on any atom is 0.253 e. The second kappa shape index (κ2) is 11.4. The standard InChI is InChI=1S/C25H39NO5SSi/c1-25(2,3)33(8,9)31-13-12-18(22-11-10-14-32-22)17-26(4)24(27)19-15-20(28-5)23(30-7)21(16-19)29-6/h10-11,14-16,18H,12-13,17H2,1-9H3. The molecule has 1 aromatic heterocycles. The van der Waals surface area contributed by atoms with E-state index in [4.69, 9.17) is 18.6 Å². The van der Waals surface area contributed by atoms with Crippen molar-refractivity contribution in [3.05, 3.63) is 40.1 Å². The Morgan fingerprint density at radius 1 is 1.09 bits per heavy atom. The summed E-state index contributed by atoms with van der Waals surface area (Å²) in [6, 6.07) is 7.59. The van der Waals surface area contributed by atoms with Gasteiger partial charge in [-0.2, -0.15) is 0 Å². The largest absolute Gasteiger partial charge is 0.493 e. The summed E-state index contributed by atoms with van der Waals surface area (Å²) in [6.45, 7) is 12.6. The van der Waals surface area contributed by atoms with Gasteiger partial charge in [0.25, 0.3) is 5.91 Å². The normalized spacial score (nSPS) is 12.9. The van der Waals surface area contributed by atoms with Crippen LogP contribution in [-0.2, 0) is 4.43 Å². The topological polar surface area (TPSA) is 57.2 Å². The summed E-state index contributed by atoms with van der Waals surface area (Å²) in [5.41, 5.74) is 0.495. The Labute approximate surface area is 203 Å². The molecule has 0 aliphatic rings. The molecule has 1 atom stereocenters. The average Bonchev–Trinajstić information content (AvgIpc) is 3.30. The molecule has 184 valence electrons. The third-order valence-corrected chi connectivity index (χ3v) is 12.0. The van der Waals surface area contributed by atoms with Gasteiger partial charge < -0.3 is 23.5 Å². The number of nitrogens with zero attached hydrogens (tertiary/aromatic N) is 1. The monoisotopic (exact) mass is 493 g/mol. The van der Waals surface area contributed by atoms with Gasteiger partial charge in [-0.25, -0.2) is 0 Å². The highest BCUT2D eigenvalue weighted by atomic mass is 32.1. The molecule has 1 amide bonds. The zero-order valence-electron chi connectivity index (χ0n) is 21.5. The number of hydrogen-bond donors (Lipinski definition) is 0. The SMILES string of the molecule is COc1cc(C(=O)N(C)CC(CCO[Si](C)(C)C(C)(C)C)c2cccs2)cc(OC)c1OC. The van der Waals surface area contributed by atoms with E-state index in [9.17, 15) is 4.79 Å². The Kier molecular flexibility index (Phi) is 9.40. The zero-order valence-corrected chi connectivity index (χ0v) is 23.3. The first-order valence-corrected chi connectivity index (χ1v) is 15.0. The smallest absolute Gasteiger partial charge is 0.253 e. The van der Waals surface area contributed by atoms with Crippen molar-refractivity contribution in [2.75, 3.05) is 41.5 Å². The summed E-state index contributed by atoms with van der Waals surface area (Å²) in [7, 11) is 4.66. The predicted molar refractivity (Wildman–Crippen MR) is 138 cm³/mol. The number of thiophene rings is 1. The average molecular weight is 494 g/mol. The second-order valence-corrected chi connectivity index (χ2v) is 15.5. The van der Waals surface area contributed by atoms with Crippen LogP contribution in [0.4, 0.5) is 0 Å². The molecule has 0 saturated carbocycles. The fourth-order valence-electron chi connectivity index (χ4n) is 3.36. The van der Waals surface area contributed by atoms with Gasteiger partial charge in [0.05, 0.1) is 21.3 Å². The van der Waals surface area contributed by atoms with Crippen LogP contribution in [0.15, 0.2) is 29.6 Å². The van der Waals surface area contributed by atoms with Crippen LogP contribution in [0, 0.1) is 0 Å². The molecular formula is C25H39NO5SSi. The fraction of sp³-hybridized carbons (Fsp3) is 0.560. The van der Waals surface area contributed by atoms with Crippen LogP contribution in [-0.4, -0.2) is 60.7 Å². The minimum Gasteiger partial charge on any atom is -0.493 e. The van der Waals surface area contributed by atoms with E-state index in [1.807, 2.05) is 7.05 Å². The van der Waals surface area contributed by atoms with Crippen molar-refractivity contribution in [3.63, 3.8) is 0 Å². The van der Waals surface area contributed by atoms with Gasteiger partial charge in [0.1, 0.15) is 0 Å². The fourth-order valence-corrected chi connectivity index (χ4v) is 5.28. The molecule has 0 aliphatic carbocycles. The number of carbonyl (C=O) groups excluding carboxylic acids is 1. The Morgan fingerprint density at radius 2 is 1.70 bits per heavy atom. The lowest BCUT2D eigenvalue weighted by Crippen LogP contribution is -2.41. The number of carbonyl (C=O) groups is 1. The maximum atomic E-state index is 13.3. The van der Waals surface area contributed by atoms with E-state index in [2.05, 4.69) is 51.4 Å². The van der Waals surface area contributed by atoms with E-state index in [-0.39, 0.29) is 16.9 Å². The number of ether oxygens (including phenoxy) is 3. The van der Waals surface area contributed by atoms with Crippen LogP contribution < -0.4 is 14.2 Å². The van der Waals surface area contributed by atoms with Crippen LogP contribution in [0.2, 0.25) is 18.1 Å². The first kappa shape index (κ1) is 27.2. The minimum atomic E-state index is -1.82. The van der Waals surface area contributed by atoms with Crippen molar-refractivity contribution in [1.29, 1.82) is 0 Å². The second-order valence-electron chi connectivity index (χ2n) is 9.71. The van der Waals surface area contributed by atoms with Crippen LogP contribution >= 0.6 is 11.3 Å². The van der Waals surface area contributed by atoms with E-state index in [1.165, 1.54) is 4.88 Å². The highest BCUT2D eigenvalue weighted by molar-refractivity contribution is 7.10. The quantitative estimate of drug-likeness (QED) is 0.357. The van der Waals surface area contributed by atoms with E-state index in [0.29, 0.717) is 36.0 Å². The molecule has 1 heterocycles. The first-order chi connectivity index (χ1) is 15.4. The van der Waals surface area contributed by atoms with Crippen molar-refractivity contribution in [2.45, 2.75) is 51.2 Å². The number of methoxy groups -OCH3 is 3. The van der Waals surface area contributed by atoms with Crippen LogP contribution in [0.5, 0.6) is 17.2 Å². The highest BCUT2D eigenvalue weighted by Crippen LogP contribution is 2.39. The van der Waals surface area contributed by atoms with Crippen molar-refractivity contribution in [2.24, 2.45) is 0 Å². The zero-order chi connectivity index (χ0) is 24.8. The van der Waals surface area contributed by atoms with E-state index < -0.39 is 8.32 Å². The summed E-state index contributed by atoms with van der Waals surface area (Å²) in [5.74, 6) is 1.50. The van der Waals surface area contributed by atoms with Gasteiger partial charge in [-0.1, -0.05) is 26.8 Å². The molecule has 0 fully saturated rings. The molecule has 6 nitrogen and oxygen atoms in total. The molecule has 0 bridgehead atoms. The van der Waals surface area contributed by atoms with Gasteiger partial charge in [0.15, 0.2) is 19.8 Å². The van der Waals surface area contributed by atoms with Crippen LogP contribution in [0.3, 0.4) is 0 Å². The number of rotatable bonds is 11. The molecule has 0 N–H and O–H groups in total. The van der Waals surface area contributed by atoms with Crippen molar-refractivity contribution in [3.8, 4) is 17.2 Å². The van der Waals surface area contributed by atoms with Gasteiger partial charge in [-0.05, 0) is 48.1 Å². The number of likely N-dealkylation sites (N-methyl/N-ethyl adjacent to an activating group) is 1. The summed E-state index contributed by atoms with van der Waals surface area (Å²) >= 11 is 1.72. The number of benzene rings is 1. The summed E-state index contributed by atoms with van der Waals surface area (Å²) in [4.78, 5) is 16.3. The van der Waals surface area contributed by atoms with E-state index in [0.717, 1.165) is 6.42 Å². The first-order valence-electron chi connectivity index (χ1n) is 11.2. The summed E-state index contributed by atoms with van der Waals surface area (Å²) in [6.07, 6.45) is 0.861. The molecule has 33 heavy (non-hydrogen) atoms. The Morgan fingerprint density at radius 3 is 2.15 bits per heavy atom. The highest BCUT2D eigenvalue weighted by Gasteiger charge is 2.37. The van der Waals surface area contributed by atoms with Gasteiger partial charge in [0, 0.05) is 36.6 Å². The van der Waals surface area contributed by atoms with Crippen LogP contribution in [0.1, 0.15) is 48.3 Å². The lowest BCUT2D eigenvalue weighted by Gasteiger charge is -2.36. The summed E-state index contributed by atoms with van der Waals surface area (Å²) < 4.78 is 22.6. The lowest BCUT2D eigenvalue weighted by molar-refractivity contribution is 0.0781. The lowest BCUT2D eigenvalue weighted by atomic mass is 10.0. The molecule has 2 aromatic rings. The molecule has 1 aromatic carbocycles. The molecule has 1 unspecified atom stereocenters. The van der Waals surface area contributed by atoms with Gasteiger partial charge in [-0.3, -0.25) is 4.79 Å². The van der Waals surface area contributed by atoms with Crippen molar-refractivity contribution >= 4 is 25.6 Å². The number of hydrogen-bond acceptors (Lipinski definition) is 6. The van der Waals surface area contributed by atoms with Crippen molar-refractivity contribution < 1.29 is 23.4 Å². The molecular weight excluding hydrogens is 454 g/mol. The third kappa shape index (κ3) is 6.74. The maximum absolute atomic E-state index is 13.3.